The number of rotatable bonds is 10. The first-order valence-corrected chi connectivity index (χ1v) is 9.58. The standard InChI is InChI=1S/C23H30N2O2/c1-18(21-13-4-5-14-22(21)27-3)9-6-15-23(26)25-19(2)10-7-11-20-12-8-16-24-17-20/h4-5,8-9,12-14,16-17,19H,6-7,10-11,15H2,1-3H3,(H,25,26)/b18-9+. The first-order valence-electron chi connectivity index (χ1n) is 9.58. The molecule has 0 aliphatic rings. The van der Waals surface area contributed by atoms with Crippen molar-refractivity contribution in [1.82, 2.24) is 10.3 Å². The lowest BCUT2D eigenvalue weighted by atomic mass is 10.0. The minimum Gasteiger partial charge on any atom is -0.496 e. The van der Waals surface area contributed by atoms with Gasteiger partial charge in [0.1, 0.15) is 5.75 Å². The van der Waals surface area contributed by atoms with Crippen molar-refractivity contribution in [2.24, 2.45) is 0 Å². The van der Waals surface area contributed by atoms with E-state index < -0.39 is 0 Å². The smallest absolute Gasteiger partial charge is 0.220 e. The number of carbonyl (C=O) groups is 1. The van der Waals surface area contributed by atoms with Gasteiger partial charge in [-0.1, -0.05) is 30.3 Å². The molecule has 1 amide bonds. The zero-order chi connectivity index (χ0) is 19.5. The Morgan fingerprint density at radius 3 is 2.81 bits per heavy atom. The van der Waals surface area contributed by atoms with Crippen LogP contribution >= 0.6 is 0 Å². The van der Waals surface area contributed by atoms with Crippen molar-refractivity contribution >= 4 is 11.5 Å². The summed E-state index contributed by atoms with van der Waals surface area (Å²) in [4.78, 5) is 16.3. The highest BCUT2D eigenvalue weighted by Crippen LogP contribution is 2.25. The number of hydrogen-bond acceptors (Lipinski definition) is 3. The highest BCUT2D eigenvalue weighted by Gasteiger charge is 2.08. The van der Waals surface area contributed by atoms with E-state index in [2.05, 4.69) is 36.3 Å². The number of aromatic nitrogens is 1. The van der Waals surface area contributed by atoms with Crippen LogP contribution < -0.4 is 10.1 Å². The average molecular weight is 367 g/mol. The van der Waals surface area contributed by atoms with Gasteiger partial charge in [-0.15, -0.1) is 0 Å². The summed E-state index contributed by atoms with van der Waals surface area (Å²) in [6, 6.07) is 12.2. The van der Waals surface area contributed by atoms with Crippen LogP contribution in [0.5, 0.6) is 5.75 Å². The number of pyridine rings is 1. The maximum absolute atomic E-state index is 12.2. The van der Waals surface area contributed by atoms with Crippen LogP contribution in [0.25, 0.3) is 5.57 Å². The summed E-state index contributed by atoms with van der Waals surface area (Å²) >= 11 is 0. The summed E-state index contributed by atoms with van der Waals surface area (Å²) in [5.41, 5.74) is 3.45. The fourth-order valence-corrected chi connectivity index (χ4v) is 3.08. The minimum atomic E-state index is 0.105. The molecule has 4 nitrogen and oxygen atoms in total. The number of para-hydroxylation sites is 1. The molecule has 0 saturated heterocycles. The van der Waals surface area contributed by atoms with Crippen LogP contribution in [0.15, 0.2) is 54.9 Å². The summed E-state index contributed by atoms with van der Waals surface area (Å²) in [6.07, 6.45) is 10.0. The van der Waals surface area contributed by atoms with Gasteiger partial charge in [0.25, 0.3) is 0 Å². The molecule has 2 rings (SSSR count). The largest absolute Gasteiger partial charge is 0.496 e. The van der Waals surface area contributed by atoms with Gasteiger partial charge in [-0.25, -0.2) is 0 Å². The van der Waals surface area contributed by atoms with Gasteiger partial charge in [-0.2, -0.15) is 0 Å². The molecule has 27 heavy (non-hydrogen) atoms. The third-order valence-electron chi connectivity index (χ3n) is 4.59. The van der Waals surface area contributed by atoms with Crippen LogP contribution in [0.2, 0.25) is 0 Å². The lowest BCUT2D eigenvalue weighted by Crippen LogP contribution is -2.32. The third-order valence-corrected chi connectivity index (χ3v) is 4.59. The Kier molecular flexibility index (Phi) is 8.56. The van der Waals surface area contributed by atoms with Crippen molar-refractivity contribution in [2.45, 2.75) is 52.0 Å². The van der Waals surface area contributed by atoms with E-state index in [0.717, 1.165) is 42.6 Å². The van der Waals surface area contributed by atoms with Crippen LogP contribution in [0.1, 0.15) is 50.7 Å². The molecule has 0 spiro atoms. The molecule has 4 heteroatoms. The number of nitrogens with one attached hydrogen (secondary N) is 1. The van der Waals surface area contributed by atoms with E-state index in [4.69, 9.17) is 4.74 Å². The quantitative estimate of drug-likeness (QED) is 0.657. The van der Waals surface area contributed by atoms with E-state index in [9.17, 15) is 4.79 Å². The summed E-state index contributed by atoms with van der Waals surface area (Å²) in [7, 11) is 1.68. The van der Waals surface area contributed by atoms with Gasteiger partial charge in [-0.3, -0.25) is 9.78 Å². The van der Waals surface area contributed by atoms with Gasteiger partial charge in [0.2, 0.25) is 5.91 Å². The zero-order valence-electron chi connectivity index (χ0n) is 16.6. The number of hydrogen-bond donors (Lipinski definition) is 1. The highest BCUT2D eigenvalue weighted by molar-refractivity contribution is 5.77. The molecule has 144 valence electrons. The lowest BCUT2D eigenvalue weighted by molar-refractivity contribution is -0.121. The fourth-order valence-electron chi connectivity index (χ4n) is 3.08. The van der Waals surface area contributed by atoms with Gasteiger partial charge < -0.3 is 10.1 Å². The Bertz CT molecular complexity index is 741. The molecule has 0 fully saturated rings. The molecular weight excluding hydrogens is 336 g/mol. The van der Waals surface area contributed by atoms with Gasteiger partial charge in [0, 0.05) is 30.4 Å². The molecule has 0 bridgehead atoms. The van der Waals surface area contributed by atoms with Crippen molar-refractivity contribution in [1.29, 1.82) is 0 Å². The Hall–Kier alpha value is -2.62. The highest BCUT2D eigenvalue weighted by atomic mass is 16.5. The maximum Gasteiger partial charge on any atom is 0.220 e. The number of aryl methyl sites for hydroxylation is 1. The van der Waals surface area contributed by atoms with Gasteiger partial charge in [0.15, 0.2) is 0 Å². The SMILES string of the molecule is COc1ccccc1/C(C)=C/CCC(=O)NC(C)CCCc1cccnc1. The summed E-state index contributed by atoms with van der Waals surface area (Å²) in [5.74, 6) is 0.964. The van der Waals surface area contributed by atoms with E-state index in [1.807, 2.05) is 36.5 Å². The molecule has 1 heterocycles. The van der Waals surface area contributed by atoms with E-state index >= 15 is 0 Å². The molecule has 2 aromatic rings. The van der Waals surface area contributed by atoms with E-state index in [-0.39, 0.29) is 11.9 Å². The number of methoxy groups -OCH3 is 1. The molecule has 0 radical (unpaired) electrons. The average Bonchev–Trinajstić information content (AvgIpc) is 2.68. The molecule has 0 aliphatic carbocycles. The molecule has 1 unspecified atom stereocenters. The monoisotopic (exact) mass is 366 g/mol. The molecule has 1 N–H and O–H groups in total. The van der Waals surface area contributed by atoms with Crippen molar-refractivity contribution in [3.63, 3.8) is 0 Å². The number of ether oxygens (including phenoxy) is 1. The van der Waals surface area contributed by atoms with Crippen molar-refractivity contribution in [3.05, 3.63) is 66.0 Å². The van der Waals surface area contributed by atoms with Crippen LogP contribution in [0.3, 0.4) is 0 Å². The third kappa shape index (κ3) is 7.26. The Balaban J connectivity index is 1.70. The molecule has 1 aromatic carbocycles. The summed E-state index contributed by atoms with van der Waals surface area (Å²) in [6.45, 7) is 4.12. The summed E-state index contributed by atoms with van der Waals surface area (Å²) in [5, 5.41) is 3.09. The fraction of sp³-hybridized carbons (Fsp3) is 0.391. The number of allylic oxidation sites excluding steroid dienone is 2. The second-order valence-corrected chi connectivity index (χ2v) is 6.85. The maximum atomic E-state index is 12.2. The zero-order valence-corrected chi connectivity index (χ0v) is 16.6. The minimum absolute atomic E-state index is 0.105. The van der Waals surface area contributed by atoms with E-state index in [1.54, 1.807) is 13.3 Å². The van der Waals surface area contributed by atoms with Crippen molar-refractivity contribution < 1.29 is 9.53 Å². The van der Waals surface area contributed by atoms with Crippen LogP contribution in [-0.2, 0) is 11.2 Å². The topological polar surface area (TPSA) is 51.2 Å². The summed E-state index contributed by atoms with van der Waals surface area (Å²) < 4.78 is 5.39. The van der Waals surface area contributed by atoms with Crippen LogP contribution in [-0.4, -0.2) is 24.0 Å². The van der Waals surface area contributed by atoms with Gasteiger partial charge in [0.05, 0.1) is 7.11 Å². The van der Waals surface area contributed by atoms with Crippen molar-refractivity contribution in [2.75, 3.05) is 7.11 Å². The second kappa shape index (κ2) is 11.2. The predicted molar refractivity (Wildman–Crippen MR) is 111 cm³/mol. The normalized spacial score (nSPS) is 12.5. The van der Waals surface area contributed by atoms with Gasteiger partial charge in [-0.05, 0) is 62.8 Å². The van der Waals surface area contributed by atoms with Crippen molar-refractivity contribution in [3.8, 4) is 5.75 Å². The number of benzene rings is 1. The number of amides is 1. The number of nitrogens with zero attached hydrogens (tertiary/aromatic N) is 1. The second-order valence-electron chi connectivity index (χ2n) is 6.85. The first-order chi connectivity index (χ1) is 13.1. The molecule has 1 aromatic heterocycles. The lowest BCUT2D eigenvalue weighted by Gasteiger charge is -2.13. The Labute approximate surface area is 162 Å². The molecule has 0 saturated carbocycles. The predicted octanol–water partition coefficient (Wildman–Crippen LogP) is 4.80. The molecule has 1 atom stereocenters. The number of carbonyl (C=O) groups excluding carboxylic acids is 1. The van der Waals surface area contributed by atoms with Crippen LogP contribution in [0.4, 0.5) is 0 Å². The first kappa shape index (κ1) is 20.7. The van der Waals surface area contributed by atoms with Gasteiger partial charge >= 0.3 is 0 Å². The Morgan fingerprint density at radius 1 is 1.26 bits per heavy atom. The van der Waals surface area contributed by atoms with E-state index in [0.29, 0.717) is 6.42 Å². The Morgan fingerprint density at radius 2 is 2.07 bits per heavy atom. The van der Waals surface area contributed by atoms with Crippen LogP contribution in [0, 0.1) is 0 Å². The van der Waals surface area contributed by atoms with E-state index in [1.165, 1.54) is 5.56 Å². The molecular formula is C23H30N2O2. The molecule has 0 aliphatic heterocycles.